The number of amides is 1. The van der Waals surface area contributed by atoms with Gasteiger partial charge in [-0.3, -0.25) is 0 Å². The molecule has 0 aromatic heterocycles. The van der Waals surface area contributed by atoms with Crippen LogP contribution < -0.4 is 10.5 Å². The summed E-state index contributed by atoms with van der Waals surface area (Å²) in [6, 6.07) is 18.6. The molecule has 1 fully saturated rings. The second kappa shape index (κ2) is 8.72. The van der Waals surface area contributed by atoms with Crippen LogP contribution in [0.15, 0.2) is 54.6 Å². The smallest absolute Gasteiger partial charge is 0.407 e. The fraction of sp³-hybridized carbons (Fsp3) is 0.409. The molecule has 1 N–H and O–H groups in total. The lowest BCUT2D eigenvalue weighted by molar-refractivity contribution is 0.0523. The maximum Gasteiger partial charge on any atom is 0.407 e. The minimum absolute atomic E-state index is 0.0697. The third-order valence-electron chi connectivity index (χ3n) is 5.08. The van der Waals surface area contributed by atoms with Gasteiger partial charge in [0.05, 0.1) is 20.7 Å². The highest BCUT2D eigenvalue weighted by molar-refractivity contribution is 6.88. The molecule has 2 atom stereocenters. The number of hydrogen-bond acceptors (Lipinski definition) is 3. The quantitative estimate of drug-likeness (QED) is 0.793. The van der Waals surface area contributed by atoms with Gasteiger partial charge in [0.2, 0.25) is 0 Å². The Morgan fingerprint density at radius 1 is 1.11 bits per heavy atom. The van der Waals surface area contributed by atoms with Crippen LogP contribution in [0.4, 0.5) is 4.79 Å². The van der Waals surface area contributed by atoms with Gasteiger partial charge in [-0.15, -0.1) is 0 Å². The van der Waals surface area contributed by atoms with Crippen LogP contribution in [-0.2, 0) is 16.1 Å². The van der Waals surface area contributed by atoms with Gasteiger partial charge in [0.15, 0.2) is 0 Å². The van der Waals surface area contributed by atoms with E-state index in [9.17, 15) is 4.79 Å². The topological polar surface area (TPSA) is 47.6 Å². The Labute approximate surface area is 162 Å². The van der Waals surface area contributed by atoms with E-state index in [0.717, 1.165) is 18.6 Å². The summed E-state index contributed by atoms with van der Waals surface area (Å²) in [5, 5.41) is 4.45. The van der Waals surface area contributed by atoms with E-state index in [0.29, 0.717) is 6.61 Å². The van der Waals surface area contributed by atoms with Crippen molar-refractivity contribution in [3.63, 3.8) is 0 Å². The Morgan fingerprint density at radius 2 is 1.81 bits per heavy atom. The minimum atomic E-state index is -1.31. The lowest BCUT2D eigenvalue weighted by Gasteiger charge is -2.32. The number of nitrogens with one attached hydrogen (secondary N) is 1. The second-order valence-corrected chi connectivity index (χ2v) is 13.2. The summed E-state index contributed by atoms with van der Waals surface area (Å²) in [7, 11) is -1.31. The van der Waals surface area contributed by atoms with Crippen molar-refractivity contribution in [1.29, 1.82) is 0 Å². The Hall–Kier alpha value is -2.11. The molecule has 1 aliphatic heterocycles. The summed E-state index contributed by atoms with van der Waals surface area (Å²) in [6.07, 6.45) is 0.508. The van der Waals surface area contributed by atoms with Crippen LogP contribution in [0.1, 0.15) is 23.5 Å². The summed E-state index contributed by atoms with van der Waals surface area (Å²) in [5.41, 5.74) is 2.24. The van der Waals surface area contributed by atoms with Crippen molar-refractivity contribution < 1.29 is 14.3 Å². The molecule has 2 aromatic rings. The molecule has 2 aromatic carbocycles. The van der Waals surface area contributed by atoms with Crippen molar-refractivity contribution in [3.8, 4) is 0 Å². The fourth-order valence-electron chi connectivity index (χ4n) is 3.43. The van der Waals surface area contributed by atoms with Gasteiger partial charge < -0.3 is 14.8 Å². The molecule has 3 rings (SSSR count). The molecule has 2 unspecified atom stereocenters. The number of carbonyl (C=O) groups excluding carboxylic acids is 1. The summed E-state index contributed by atoms with van der Waals surface area (Å²) < 4.78 is 11.0. The summed E-state index contributed by atoms with van der Waals surface area (Å²) >= 11 is 0. The largest absolute Gasteiger partial charge is 0.445 e. The number of ether oxygens (including phenoxy) is 2. The van der Waals surface area contributed by atoms with E-state index in [2.05, 4.69) is 49.2 Å². The molecule has 0 spiro atoms. The SMILES string of the molecule is C[Si](C)(C)c1ccc(C2CCOCC2NC(=O)OCc2ccccc2)cc1. The van der Waals surface area contributed by atoms with E-state index in [1.807, 2.05) is 30.3 Å². The van der Waals surface area contributed by atoms with Crippen LogP contribution in [0, 0.1) is 0 Å². The molecule has 27 heavy (non-hydrogen) atoms. The number of hydrogen-bond donors (Lipinski definition) is 1. The average molecular weight is 384 g/mol. The fourth-order valence-corrected chi connectivity index (χ4v) is 4.59. The number of rotatable bonds is 5. The Morgan fingerprint density at radius 3 is 2.48 bits per heavy atom. The molecule has 0 aliphatic carbocycles. The summed E-state index contributed by atoms with van der Waals surface area (Å²) in [4.78, 5) is 12.3. The zero-order chi connectivity index (χ0) is 19.3. The minimum Gasteiger partial charge on any atom is -0.445 e. The van der Waals surface area contributed by atoms with E-state index in [1.54, 1.807) is 0 Å². The van der Waals surface area contributed by atoms with Crippen molar-refractivity contribution in [2.45, 2.75) is 44.6 Å². The average Bonchev–Trinajstić information content (AvgIpc) is 2.67. The van der Waals surface area contributed by atoms with E-state index < -0.39 is 14.2 Å². The van der Waals surface area contributed by atoms with Crippen LogP contribution >= 0.6 is 0 Å². The lowest BCUT2D eigenvalue weighted by atomic mass is 9.88. The van der Waals surface area contributed by atoms with Gasteiger partial charge in [-0.1, -0.05) is 79.4 Å². The van der Waals surface area contributed by atoms with Gasteiger partial charge in [0.1, 0.15) is 6.61 Å². The highest BCUT2D eigenvalue weighted by Gasteiger charge is 2.29. The highest BCUT2D eigenvalue weighted by Crippen LogP contribution is 2.27. The standard InChI is InChI=1S/C22H29NO3Si/c1-27(2,3)19-11-9-18(10-12-19)20-13-14-25-16-21(20)23-22(24)26-15-17-7-5-4-6-8-17/h4-12,20-21H,13-16H2,1-3H3,(H,23,24). The normalized spacial score (nSPS) is 20.1. The third kappa shape index (κ3) is 5.43. The first-order valence-electron chi connectivity index (χ1n) is 9.59. The van der Waals surface area contributed by atoms with Gasteiger partial charge in [0.25, 0.3) is 0 Å². The molecule has 1 saturated heterocycles. The second-order valence-electron chi connectivity index (χ2n) is 8.15. The Balaban J connectivity index is 1.62. The van der Waals surface area contributed by atoms with Crippen molar-refractivity contribution in [3.05, 3.63) is 65.7 Å². The van der Waals surface area contributed by atoms with E-state index in [1.165, 1.54) is 10.8 Å². The van der Waals surface area contributed by atoms with Gasteiger partial charge in [-0.25, -0.2) is 4.79 Å². The maximum atomic E-state index is 12.3. The third-order valence-corrected chi connectivity index (χ3v) is 7.14. The number of benzene rings is 2. The van der Waals surface area contributed by atoms with Crippen LogP contribution in [0.25, 0.3) is 0 Å². The molecule has 1 heterocycles. The van der Waals surface area contributed by atoms with Gasteiger partial charge >= 0.3 is 6.09 Å². The first kappa shape index (κ1) is 19.6. The van der Waals surface area contributed by atoms with Gasteiger partial charge in [0, 0.05) is 12.5 Å². The van der Waals surface area contributed by atoms with Crippen LogP contribution in [0.3, 0.4) is 0 Å². The molecule has 0 bridgehead atoms. The molecule has 1 aliphatic rings. The van der Waals surface area contributed by atoms with Crippen LogP contribution in [-0.4, -0.2) is 33.4 Å². The van der Waals surface area contributed by atoms with E-state index in [4.69, 9.17) is 9.47 Å². The van der Waals surface area contributed by atoms with Crippen LogP contribution in [0.2, 0.25) is 19.6 Å². The van der Waals surface area contributed by atoms with Crippen molar-refractivity contribution in [1.82, 2.24) is 5.32 Å². The first-order chi connectivity index (χ1) is 12.9. The van der Waals surface area contributed by atoms with Crippen molar-refractivity contribution in [2.75, 3.05) is 13.2 Å². The zero-order valence-electron chi connectivity index (χ0n) is 16.4. The number of carbonyl (C=O) groups is 1. The van der Waals surface area contributed by atoms with Gasteiger partial charge in [-0.05, 0) is 17.5 Å². The van der Waals surface area contributed by atoms with E-state index >= 15 is 0 Å². The molecule has 4 nitrogen and oxygen atoms in total. The summed E-state index contributed by atoms with van der Waals surface area (Å²) in [6.45, 7) is 8.56. The summed E-state index contributed by atoms with van der Waals surface area (Å²) in [5.74, 6) is 0.249. The maximum absolute atomic E-state index is 12.3. The molecule has 0 saturated carbocycles. The molecule has 1 amide bonds. The first-order valence-corrected chi connectivity index (χ1v) is 13.1. The van der Waals surface area contributed by atoms with E-state index in [-0.39, 0.29) is 18.6 Å². The van der Waals surface area contributed by atoms with Crippen molar-refractivity contribution in [2.24, 2.45) is 0 Å². The highest BCUT2D eigenvalue weighted by atomic mass is 28.3. The Bertz CT molecular complexity index is 740. The Kier molecular flexibility index (Phi) is 6.34. The predicted molar refractivity (Wildman–Crippen MR) is 111 cm³/mol. The van der Waals surface area contributed by atoms with Crippen molar-refractivity contribution >= 4 is 19.4 Å². The molecule has 5 heteroatoms. The zero-order valence-corrected chi connectivity index (χ0v) is 17.4. The van der Waals surface area contributed by atoms with Gasteiger partial charge in [-0.2, -0.15) is 0 Å². The predicted octanol–water partition coefficient (Wildman–Crippen LogP) is 4.03. The molecule has 144 valence electrons. The lowest BCUT2D eigenvalue weighted by Crippen LogP contribution is -2.45. The molecular weight excluding hydrogens is 354 g/mol. The van der Waals surface area contributed by atoms with Crippen LogP contribution in [0.5, 0.6) is 0 Å². The molecular formula is C22H29NO3Si. The number of alkyl carbamates (subject to hydrolysis) is 1. The monoisotopic (exact) mass is 383 g/mol. The molecule has 0 radical (unpaired) electrons.